The van der Waals surface area contributed by atoms with E-state index in [4.69, 9.17) is 5.73 Å². The second-order valence-corrected chi connectivity index (χ2v) is 18.1. The molecule has 7 nitrogen and oxygen atoms in total. The lowest BCUT2D eigenvalue weighted by Gasteiger charge is -2.50. The molecule has 0 aromatic heterocycles. The zero-order valence-electron chi connectivity index (χ0n) is 33.2. The van der Waals surface area contributed by atoms with Gasteiger partial charge in [0, 0.05) is 38.2 Å². The normalized spacial score (nSPS) is 26.7. The Hall–Kier alpha value is -1.38. The molecule has 0 aromatic rings. The molecule has 1 amide bonds. The number of likely N-dealkylation sites (N-methyl/N-ethyl adjacent to an activating group) is 1. The highest BCUT2D eigenvalue weighted by Gasteiger charge is 2.55. The summed E-state index contributed by atoms with van der Waals surface area (Å²) in [4.78, 5) is 37.8. The fourth-order valence-corrected chi connectivity index (χ4v) is 8.18. The number of allylic oxidation sites excluding steroid dienone is 1. The van der Waals surface area contributed by atoms with Crippen LogP contribution in [-0.4, -0.2) is 85.8 Å². The minimum Gasteiger partial charge on any atom is -0.468 e. The molecule has 0 radical (unpaired) electrons. The van der Waals surface area contributed by atoms with Crippen molar-refractivity contribution in [2.45, 2.75) is 126 Å². The van der Waals surface area contributed by atoms with Crippen LogP contribution in [0.1, 0.15) is 115 Å². The lowest BCUT2D eigenvalue weighted by atomic mass is 9.54. The molecule has 2 saturated carbocycles. The monoisotopic (exact) mass is 682 g/mol. The highest BCUT2D eigenvalue weighted by Crippen LogP contribution is 2.59. The van der Waals surface area contributed by atoms with Gasteiger partial charge in [-0.15, -0.1) is 18.3 Å². The van der Waals surface area contributed by atoms with Crippen LogP contribution in [0.2, 0.25) is 0 Å². The standard InChI is InChI=1S/C13H22O.C10H20.C9H17NO2S.C7H16N2O/c1-9-5-7-13(4)8-6-10(14)11(13)12(9,2)3;1-7-10(5,6)9(4)8(2)3;1-10-5-3-4-8(6-10)13-7-9(11)12-2;1-5(2)6(8)7(10)9(3)4/h9,11H,5-8H2,1-4H3;7-9H,1H2,2-6H3;8H,3-7H2,1-2H3;5-6H,8H2,1-4H3/t9-,11+,13+;9-;8-;6-/m1001/s1. The predicted molar refractivity (Wildman–Crippen MR) is 202 cm³/mol. The number of nitrogens with zero attached hydrogens (tertiary/aromatic N) is 2. The van der Waals surface area contributed by atoms with E-state index in [0.717, 1.165) is 25.3 Å². The Balaban J connectivity index is 0.000000609. The second-order valence-electron chi connectivity index (χ2n) is 16.8. The van der Waals surface area contributed by atoms with Crippen molar-refractivity contribution < 1.29 is 19.1 Å². The van der Waals surface area contributed by atoms with Crippen molar-refractivity contribution >= 4 is 29.4 Å². The first-order chi connectivity index (χ1) is 21.5. The number of likely N-dealkylation sites (tertiary alicyclic amines) is 1. The number of fused-ring (bicyclic) bond motifs is 1. The van der Waals surface area contributed by atoms with Crippen molar-refractivity contribution in [2.24, 2.45) is 51.6 Å². The third-order valence-corrected chi connectivity index (χ3v) is 12.8. The predicted octanol–water partition coefficient (Wildman–Crippen LogP) is 7.96. The van der Waals surface area contributed by atoms with Gasteiger partial charge in [-0.1, -0.05) is 82.2 Å². The van der Waals surface area contributed by atoms with Crippen LogP contribution in [-0.2, 0) is 19.1 Å². The number of hydrogen-bond donors (Lipinski definition) is 1. The van der Waals surface area contributed by atoms with Crippen LogP contribution in [0.5, 0.6) is 0 Å². The van der Waals surface area contributed by atoms with E-state index >= 15 is 0 Å². The van der Waals surface area contributed by atoms with E-state index in [-0.39, 0.29) is 34.7 Å². The van der Waals surface area contributed by atoms with Gasteiger partial charge in [0.1, 0.15) is 5.78 Å². The number of amides is 1. The summed E-state index contributed by atoms with van der Waals surface area (Å²) in [6, 6.07) is -0.352. The Morgan fingerprint density at radius 3 is 2.09 bits per heavy atom. The zero-order valence-corrected chi connectivity index (χ0v) is 34.0. The van der Waals surface area contributed by atoms with Crippen LogP contribution in [0.4, 0.5) is 0 Å². The van der Waals surface area contributed by atoms with Gasteiger partial charge in [0.15, 0.2) is 0 Å². The van der Waals surface area contributed by atoms with E-state index in [1.54, 1.807) is 25.9 Å². The number of carbonyl (C=O) groups is 3. The van der Waals surface area contributed by atoms with Crippen molar-refractivity contribution in [1.82, 2.24) is 9.80 Å². The third-order valence-electron chi connectivity index (χ3n) is 11.5. The van der Waals surface area contributed by atoms with Gasteiger partial charge in [-0.3, -0.25) is 14.4 Å². The third kappa shape index (κ3) is 14.6. The summed E-state index contributed by atoms with van der Waals surface area (Å²) in [5.41, 5.74) is 6.40. The van der Waals surface area contributed by atoms with E-state index in [1.165, 1.54) is 44.2 Å². The highest BCUT2D eigenvalue weighted by molar-refractivity contribution is 8.00. The van der Waals surface area contributed by atoms with Crippen molar-refractivity contribution in [3.8, 4) is 0 Å². The Morgan fingerprint density at radius 1 is 1.11 bits per heavy atom. The molecule has 0 unspecified atom stereocenters. The number of piperidine rings is 1. The number of esters is 1. The molecule has 1 aliphatic heterocycles. The number of carbonyl (C=O) groups excluding carboxylic acids is 3. The highest BCUT2D eigenvalue weighted by atomic mass is 32.2. The molecule has 276 valence electrons. The molecule has 47 heavy (non-hydrogen) atoms. The Morgan fingerprint density at radius 2 is 1.68 bits per heavy atom. The zero-order chi connectivity index (χ0) is 36.9. The van der Waals surface area contributed by atoms with Gasteiger partial charge in [0.25, 0.3) is 0 Å². The summed E-state index contributed by atoms with van der Waals surface area (Å²) in [6.45, 7) is 30.5. The van der Waals surface area contributed by atoms with Crippen molar-refractivity contribution in [3.63, 3.8) is 0 Å². The van der Waals surface area contributed by atoms with Gasteiger partial charge < -0.3 is 20.3 Å². The number of ketones is 1. The largest absolute Gasteiger partial charge is 0.468 e. The summed E-state index contributed by atoms with van der Waals surface area (Å²) in [7, 11) is 7.00. The Labute approximate surface area is 294 Å². The fourth-order valence-electron chi connectivity index (χ4n) is 7.00. The minimum atomic E-state index is -0.352. The van der Waals surface area contributed by atoms with E-state index in [1.807, 2.05) is 13.8 Å². The van der Waals surface area contributed by atoms with Crippen LogP contribution >= 0.6 is 11.8 Å². The van der Waals surface area contributed by atoms with E-state index in [9.17, 15) is 14.4 Å². The number of methoxy groups -OCH3 is 1. The molecule has 1 heterocycles. The van der Waals surface area contributed by atoms with Crippen molar-refractivity contribution in [2.75, 3.05) is 47.1 Å². The Kier molecular flexibility index (Phi) is 19.7. The number of thioether (sulfide) groups is 1. The van der Waals surface area contributed by atoms with E-state index in [0.29, 0.717) is 40.0 Å². The van der Waals surface area contributed by atoms with Crippen molar-refractivity contribution in [3.05, 3.63) is 12.7 Å². The Bertz CT molecular complexity index is 979. The summed E-state index contributed by atoms with van der Waals surface area (Å²) >= 11 is 1.72. The van der Waals surface area contributed by atoms with Gasteiger partial charge in [0.05, 0.1) is 18.9 Å². The molecule has 2 aliphatic carbocycles. The van der Waals surface area contributed by atoms with Crippen molar-refractivity contribution in [1.29, 1.82) is 0 Å². The number of rotatable bonds is 8. The molecule has 1 saturated heterocycles. The van der Waals surface area contributed by atoms with Gasteiger partial charge in [-0.05, 0) is 85.6 Å². The van der Waals surface area contributed by atoms with Gasteiger partial charge in [0.2, 0.25) is 5.91 Å². The summed E-state index contributed by atoms with van der Waals surface area (Å²) in [6.07, 6.45) is 9.05. The van der Waals surface area contributed by atoms with Crippen LogP contribution in [0.3, 0.4) is 0 Å². The molecule has 0 aromatic carbocycles. The maximum atomic E-state index is 12.0. The first-order valence-electron chi connectivity index (χ1n) is 18.0. The number of nitrogens with two attached hydrogens (primary N) is 1. The molecule has 3 fully saturated rings. The van der Waals surface area contributed by atoms with E-state index in [2.05, 4.69) is 91.7 Å². The molecule has 8 heteroatoms. The summed E-state index contributed by atoms with van der Waals surface area (Å²) < 4.78 is 4.59. The number of ether oxygens (including phenoxy) is 1. The number of Topliss-reactive ketones (excluding diaryl/α,β-unsaturated/α-hetero) is 1. The first-order valence-corrected chi connectivity index (χ1v) is 19.0. The van der Waals surface area contributed by atoms with Crippen LogP contribution in [0.15, 0.2) is 12.7 Å². The first kappa shape index (κ1) is 45.6. The maximum Gasteiger partial charge on any atom is 0.315 e. The molecule has 6 atom stereocenters. The lowest BCUT2D eigenvalue weighted by molar-refractivity contribution is -0.137. The van der Waals surface area contributed by atoms with E-state index < -0.39 is 0 Å². The SMILES string of the molecule is C=CC(C)(C)[C@@H](C)C(C)C.CC(C)[C@@H](N)C(=O)N(C)C.COC(=O)CS[C@H]1CCCN(C)C1.C[C@@H]1CC[C@@]2(C)CCC(=O)[C@H]2C1(C)C. The maximum absolute atomic E-state index is 12.0. The number of hydrogen-bond acceptors (Lipinski definition) is 7. The minimum absolute atomic E-state index is 0.00463. The van der Waals surface area contributed by atoms with Crippen LogP contribution < -0.4 is 5.73 Å². The smallest absolute Gasteiger partial charge is 0.315 e. The second kappa shape index (κ2) is 20.3. The molecule has 3 aliphatic rings. The summed E-state index contributed by atoms with van der Waals surface area (Å²) in [5.74, 6) is 3.61. The molecular weight excluding hydrogens is 607 g/mol. The topological polar surface area (TPSA) is 92.9 Å². The molecule has 0 bridgehead atoms. The van der Waals surface area contributed by atoms with Gasteiger partial charge in [-0.25, -0.2) is 0 Å². The van der Waals surface area contributed by atoms with Crippen LogP contribution in [0.25, 0.3) is 0 Å². The average molecular weight is 682 g/mol. The molecular formula is C39H75N3O4S. The molecule has 3 rings (SSSR count). The van der Waals surface area contributed by atoms with Gasteiger partial charge in [-0.2, -0.15) is 0 Å². The van der Waals surface area contributed by atoms with Gasteiger partial charge >= 0.3 is 5.97 Å². The average Bonchev–Trinajstić information content (AvgIpc) is 3.32. The quantitative estimate of drug-likeness (QED) is 0.205. The van der Waals surface area contributed by atoms with Crippen LogP contribution in [0, 0.1) is 45.8 Å². The molecule has 0 spiro atoms. The molecule has 2 N–H and O–H groups in total. The fraction of sp³-hybridized carbons (Fsp3) is 0.872. The summed E-state index contributed by atoms with van der Waals surface area (Å²) in [5, 5.41) is 0.609. The lowest BCUT2D eigenvalue weighted by Crippen LogP contribution is -2.46.